The lowest BCUT2D eigenvalue weighted by molar-refractivity contribution is 0.0573. The first kappa shape index (κ1) is 14.9. The van der Waals surface area contributed by atoms with Gasteiger partial charge in [-0.05, 0) is 32.7 Å². The van der Waals surface area contributed by atoms with E-state index in [1.54, 1.807) is 7.11 Å². The summed E-state index contributed by atoms with van der Waals surface area (Å²) >= 11 is 0. The second kappa shape index (κ2) is 12.0. The summed E-state index contributed by atoms with van der Waals surface area (Å²) in [6, 6.07) is 0. The maximum atomic E-state index is 5.66. The number of nitrogens with one attached hydrogen (secondary N) is 1. The lowest BCUT2D eigenvalue weighted by atomic mass is 10.2. The van der Waals surface area contributed by atoms with Crippen molar-refractivity contribution in [1.82, 2.24) is 5.32 Å². The Morgan fingerprint density at radius 2 is 1.93 bits per heavy atom. The molecule has 0 radical (unpaired) electrons. The predicted molar refractivity (Wildman–Crippen MR) is 64.3 cm³/mol. The number of ether oxygens (including phenoxy) is 2. The molecular weight excluding hydrogens is 190 g/mol. The number of unbranched alkanes of at least 4 members (excludes halogenated alkanes) is 1. The van der Waals surface area contributed by atoms with Gasteiger partial charge in [0, 0.05) is 20.3 Å². The monoisotopic (exact) mass is 217 g/mol. The molecule has 0 spiro atoms. The van der Waals surface area contributed by atoms with Crippen LogP contribution in [0, 0.1) is 0 Å². The Morgan fingerprint density at radius 1 is 1.13 bits per heavy atom. The largest absolute Gasteiger partial charge is 0.383 e. The van der Waals surface area contributed by atoms with Crippen LogP contribution in [-0.2, 0) is 9.47 Å². The highest BCUT2D eigenvalue weighted by molar-refractivity contribution is 4.50. The Labute approximate surface area is 94.5 Å². The van der Waals surface area contributed by atoms with Gasteiger partial charge in [-0.25, -0.2) is 0 Å². The SMILES string of the molecule is CCCC(C)OCCCCNCCOC. The summed E-state index contributed by atoms with van der Waals surface area (Å²) in [5.74, 6) is 0. The fourth-order valence-corrected chi connectivity index (χ4v) is 1.43. The van der Waals surface area contributed by atoms with Crippen molar-refractivity contribution in [3.8, 4) is 0 Å². The molecule has 1 unspecified atom stereocenters. The van der Waals surface area contributed by atoms with E-state index in [1.165, 1.54) is 19.3 Å². The van der Waals surface area contributed by atoms with Crippen LogP contribution < -0.4 is 5.32 Å². The average molecular weight is 217 g/mol. The molecule has 1 atom stereocenters. The zero-order chi connectivity index (χ0) is 11.4. The summed E-state index contributed by atoms with van der Waals surface area (Å²) < 4.78 is 10.6. The second-order valence-electron chi connectivity index (χ2n) is 3.92. The minimum absolute atomic E-state index is 0.427. The molecular formula is C12H27NO2. The standard InChI is InChI=1S/C12H27NO2/c1-4-7-12(2)15-10-6-5-8-13-9-11-14-3/h12-13H,4-11H2,1-3H3. The van der Waals surface area contributed by atoms with E-state index in [2.05, 4.69) is 19.2 Å². The van der Waals surface area contributed by atoms with Crippen LogP contribution in [-0.4, -0.2) is 39.5 Å². The third-order valence-electron chi connectivity index (χ3n) is 2.33. The molecule has 0 rings (SSSR count). The van der Waals surface area contributed by atoms with Crippen LogP contribution in [0.15, 0.2) is 0 Å². The summed E-state index contributed by atoms with van der Waals surface area (Å²) in [6.45, 7) is 8.05. The van der Waals surface area contributed by atoms with Crippen molar-refractivity contribution in [1.29, 1.82) is 0 Å². The van der Waals surface area contributed by atoms with Gasteiger partial charge in [-0.15, -0.1) is 0 Å². The Kier molecular flexibility index (Phi) is 11.9. The third-order valence-corrected chi connectivity index (χ3v) is 2.33. The van der Waals surface area contributed by atoms with Gasteiger partial charge in [0.15, 0.2) is 0 Å². The van der Waals surface area contributed by atoms with Crippen molar-refractivity contribution in [2.45, 2.75) is 45.6 Å². The Bertz CT molecular complexity index is 120. The quantitative estimate of drug-likeness (QED) is 0.538. The Morgan fingerprint density at radius 3 is 2.60 bits per heavy atom. The Balaban J connectivity index is 2.98. The molecule has 0 saturated heterocycles. The summed E-state index contributed by atoms with van der Waals surface area (Å²) in [4.78, 5) is 0. The van der Waals surface area contributed by atoms with E-state index in [9.17, 15) is 0 Å². The number of rotatable bonds is 11. The maximum Gasteiger partial charge on any atom is 0.0587 e. The summed E-state index contributed by atoms with van der Waals surface area (Å²) in [6.07, 6.45) is 5.14. The van der Waals surface area contributed by atoms with Crippen LogP contribution in [0.4, 0.5) is 0 Å². The molecule has 3 heteroatoms. The van der Waals surface area contributed by atoms with Crippen molar-refractivity contribution < 1.29 is 9.47 Å². The number of hydrogen-bond acceptors (Lipinski definition) is 3. The summed E-state index contributed by atoms with van der Waals surface area (Å²) in [7, 11) is 1.73. The summed E-state index contributed by atoms with van der Waals surface area (Å²) in [5.41, 5.74) is 0. The van der Waals surface area contributed by atoms with E-state index in [1.807, 2.05) is 0 Å². The number of hydrogen-bond donors (Lipinski definition) is 1. The van der Waals surface area contributed by atoms with Gasteiger partial charge in [0.2, 0.25) is 0 Å². The Hall–Kier alpha value is -0.120. The highest BCUT2D eigenvalue weighted by atomic mass is 16.5. The first-order chi connectivity index (χ1) is 7.31. The van der Waals surface area contributed by atoms with Crippen LogP contribution in [0.25, 0.3) is 0 Å². The van der Waals surface area contributed by atoms with E-state index in [0.717, 1.165) is 32.7 Å². The molecule has 0 amide bonds. The number of methoxy groups -OCH3 is 1. The van der Waals surface area contributed by atoms with E-state index in [-0.39, 0.29) is 0 Å². The van der Waals surface area contributed by atoms with Gasteiger partial charge >= 0.3 is 0 Å². The van der Waals surface area contributed by atoms with Crippen molar-refractivity contribution in [3.63, 3.8) is 0 Å². The first-order valence-electron chi connectivity index (χ1n) is 6.12. The molecule has 0 aromatic carbocycles. The topological polar surface area (TPSA) is 30.5 Å². The molecule has 0 aliphatic rings. The molecule has 92 valence electrons. The molecule has 15 heavy (non-hydrogen) atoms. The van der Waals surface area contributed by atoms with Crippen LogP contribution in [0.1, 0.15) is 39.5 Å². The highest BCUT2D eigenvalue weighted by Crippen LogP contribution is 2.01. The van der Waals surface area contributed by atoms with Crippen molar-refractivity contribution in [3.05, 3.63) is 0 Å². The van der Waals surface area contributed by atoms with Gasteiger partial charge in [-0.3, -0.25) is 0 Å². The van der Waals surface area contributed by atoms with E-state index in [4.69, 9.17) is 9.47 Å². The first-order valence-corrected chi connectivity index (χ1v) is 6.12. The minimum Gasteiger partial charge on any atom is -0.383 e. The molecule has 1 N–H and O–H groups in total. The molecule has 0 aliphatic heterocycles. The average Bonchev–Trinajstić information content (AvgIpc) is 2.22. The molecule has 3 nitrogen and oxygen atoms in total. The molecule has 0 heterocycles. The van der Waals surface area contributed by atoms with Crippen molar-refractivity contribution in [2.24, 2.45) is 0 Å². The lowest BCUT2D eigenvalue weighted by Crippen LogP contribution is -2.20. The zero-order valence-corrected chi connectivity index (χ0v) is 10.6. The summed E-state index contributed by atoms with van der Waals surface area (Å²) in [5, 5.41) is 3.32. The van der Waals surface area contributed by atoms with Crippen molar-refractivity contribution >= 4 is 0 Å². The fourth-order valence-electron chi connectivity index (χ4n) is 1.43. The second-order valence-corrected chi connectivity index (χ2v) is 3.92. The smallest absolute Gasteiger partial charge is 0.0587 e. The van der Waals surface area contributed by atoms with Crippen LogP contribution in [0.2, 0.25) is 0 Å². The van der Waals surface area contributed by atoms with Gasteiger partial charge in [0.25, 0.3) is 0 Å². The van der Waals surface area contributed by atoms with Gasteiger partial charge in [0.1, 0.15) is 0 Å². The van der Waals surface area contributed by atoms with Crippen LogP contribution in [0.5, 0.6) is 0 Å². The molecule has 0 aliphatic carbocycles. The van der Waals surface area contributed by atoms with Gasteiger partial charge in [-0.1, -0.05) is 13.3 Å². The zero-order valence-electron chi connectivity index (χ0n) is 10.6. The molecule has 0 aromatic rings. The minimum atomic E-state index is 0.427. The highest BCUT2D eigenvalue weighted by Gasteiger charge is 1.99. The predicted octanol–water partition coefficient (Wildman–Crippen LogP) is 2.21. The van der Waals surface area contributed by atoms with E-state index >= 15 is 0 Å². The van der Waals surface area contributed by atoms with Crippen molar-refractivity contribution in [2.75, 3.05) is 33.4 Å². The molecule has 0 saturated carbocycles. The van der Waals surface area contributed by atoms with Crippen LogP contribution in [0.3, 0.4) is 0 Å². The third kappa shape index (κ3) is 11.8. The van der Waals surface area contributed by atoms with Gasteiger partial charge in [0.05, 0.1) is 12.7 Å². The van der Waals surface area contributed by atoms with E-state index < -0.39 is 0 Å². The maximum absolute atomic E-state index is 5.66. The van der Waals surface area contributed by atoms with Gasteiger partial charge < -0.3 is 14.8 Å². The van der Waals surface area contributed by atoms with Gasteiger partial charge in [-0.2, -0.15) is 0 Å². The van der Waals surface area contributed by atoms with E-state index in [0.29, 0.717) is 6.10 Å². The fraction of sp³-hybridized carbons (Fsp3) is 1.00. The molecule has 0 fully saturated rings. The molecule has 0 bridgehead atoms. The normalized spacial score (nSPS) is 13.0. The van der Waals surface area contributed by atoms with Crippen LogP contribution >= 0.6 is 0 Å². The lowest BCUT2D eigenvalue weighted by Gasteiger charge is -2.11. The molecule has 0 aromatic heterocycles.